The van der Waals surface area contributed by atoms with Crippen molar-refractivity contribution in [2.24, 2.45) is 0 Å². The third kappa shape index (κ3) is 5.69. The van der Waals surface area contributed by atoms with Gasteiger partial charge in [-0.05, 0) is 49.9 Å². The summed E-state index contributed by atoms with van der Waals surface area (Å²) in [7, 11) is 0. The van der Waals surface area contributed by atoms with Crippen LogP contribution in [0.3, 0.4) is 0 Å². The summed E-state index contributed by atoms with van der Waals surface area (Å²) in [6.45, 7) is 2.07. The first kappa shape index (κ1) is 20.1. The number of urea groups is 1. The maximum absolute atomic E-state index is 12.9. The molecular weight excluding hydrogens is 408 g/mol. The topological polar surface area (TPSA) is 82.3 Å². The lowest BCUT2D eigenvalue weighted by Crippen LogP contribution is -2.60. The summed E-state index contributed by atoms with van der Waals surface area (Å²) in [4.78, 5) is 25.3. The second-order valence-electron chi connectivity index (χ2n) is 7.58. The van der Waals surface area contributed by atoms with Gasteiger partial charge in [0.15, 0.2) is 0 Å². The summed E-state index contributed by atoms with van der Waals surface area (Å²) in [5.74, 6) is -0.0509. The second kappa shape index (κ2) is 9.55. The lowest BCUT2D eigenvalue weighted by atomic mass is 9.96. The molecule has 6 nitrogen and oxygen atoms in total. The number of carbonyl (C=O) groups is 2. The molecule has 1 aromatic carbocycles. The first-order chi connectivity index (χ1) is 13.1. The van der Waals surface area contributed by atoms with Gasteiger partial charge in [-0.3, -0.25) is 4.79 Å². The van der Waals surface area contributed by atoms with Crippen molar-refractivity contribution in [1.29, 1.82) is 0 Å². The van der Waals surface area contributed by atoms with Crippen molar-refractivity contribution < 1.29 is 9.59 Å². The Morgan fingerprint density at radius 2 is 1.96 bits per heavy atom. The number of rotatable bonds is 6. The van der Waals surface area contributed by atoms with Crippen molar-refractivity contribution >= 4 is 27.9 Å². The summed E-state index contributed by atoms with van der Waals surface area (Å²) < 4.78 is 0.977. The Morgan fingerprint density at radius 1 is 1.15 bits per heavy atom. The Hall–Kier alpha value is -1.60. The Balaban J connectivity index is 1.52. The highest BCUT2D eigenvalue weighted by Gasteiger charge is 2.42. The molecule has 1 unspecified atom stereocenters. The molecule has 0 bridgehead atoms. The largest absolute Gasteiger partial charge is 0.352 e. The molecule has 2 aliphatic rings. The molecule has 0 aromatic heterocycles. The number of amides is 3. The smallest absolute Gasteiger partial charge is 0.315 e. The zero-order valence-corrected chi connectivity index (χ0v) is 17.2. The third-order valence-electron chi connectivity index (χ3n) is 5.51. The second-order valence-corrected chi connectivity index (χ2v) is 8.50. The summed E-state index contributed by atoms with van der Waals surface area (Å²) in [5, 5.41) is 12.4. The summed E-state index contributed by atoms with van der Waals surface area (Å²) in [6, 6.07) is 7.86. The van der Waals surface area contributed by atoms with E-state index in [4.69, 9.17) is 0 Å². The lowest BCUT2D eigenvalue weighted by Gasteiger charge is -2.31. The third-order valence-corrected chi connectivity index (χ3v) is 6.00. The molecule has 2 fully saturated rings. The average molecular weight is 437 g/mol. The minimum atomic E-state index is -0.782. The molecule has 148 valence electrons. The van der Waals surface area contributed by atoms with Gasteiger partial charge in [0.2, 0.25) is 5.91 Å². The fourth-order valence-corrected chi connectivity index (χ4v) is 4.41. The van der Waals surface area contributed by atoms with Crippen LogP contribution in [0.2, 0.25) is 0 Å². The van der Waals surface area contributed by atoms with E-state index >= 15 is 0 Å². The van der Waals surface area contributed by atoms with Gasteiger partial charge in [-0.25, -0.2) is 4.79 Å². The van der Waals surface area contributed by atoms with Crippen LogP contribution in [0.5, 0.6) is 0 Å². The van der Waals surface area contributed by atoms with E-state index in [9.17, 15) is 9.59 Å². The first-order valence-electron chi connectivity index (χ1n) is 9.90. The molecule has 1 aliphatic heterocycles. The first-order valence-corrected chi connectivity index (χ1v) is 10.7. The van der Waals surface area contributed by atoms with Crippen molar-refractivity contribution in [3.63, 3.8) is 0 Å². The van der Waals surface area contributed by atoms with Gasteiger partial charge in [0.05, 0.1) is 0 Å². The molecule has 1 aromatic rings. The predicted octanol–water partition coefficient (Wildman–Crippen LogP) is 2.82. The van der Waals surface area contributed by atoms with Gasteiger partial charge < -0.3 is 21.3 Å². The normalized spacial score (nSPS) is 21.4. The van der Waals surface area contributed by atoms with Gasteiger partial charge in [-0.2, -0.15) is 0 Å². The van der Waals surface area contributed by atoms with Crippen LogP contribution in [-0.4, -0.2) is 36.6 Å². The van der Waals surface area contributed by atoms with Crippen LogP contribution in [0.4, 0.5) is 4.79 Å². The number of nitrogens with one attached hydrogen (secondary N) is 4. The van der Waals surface area contributed by atoms with Gasteiger partial charge in [0.1, 0.15) is 5.54 Å². The lowest BCUT2D eigenvalue weighted by molar-refractivity contribution is -0.127. The molecule has 3 amide bonds. The van der Waals surface area contributed by atoms with Crippen molar-refractivity contribution in [2.45, 2.75) is 63.1 Å². The van der Waals surface area contributed by atoms with E-state index in [1.165, 1.54) is 12.8 Å². The quantitative estimate of drug-likeness (QED) is 0.553. The summed E-state index contributed by atoms with van der Waals surface area (Å²) >= 11 is 3.43. The van der Waals surface area contributed by atoms with Crippen molar-refractivity contribution in [1.82, 2.24) is 21.3 Å². The Labute approximate surface area is 169 Å². The van der Waals surface area contributed by atoms with Crippen molar-refractivity contribution in [2.75, 3.05) is 13.1 Å². The van der Waals surface area contributed by atoms with Crippen LogP contribution in [0.15, 0.2) is 28.7 Å². The highest BCUT2D eigenvalue weighted by atomic mass is 79.9. The van der Waals surface area contributed by atoms with Gasteiger partial charge in [0.25, 0.3) is 0 Å². The van der Waals surface area contributed by atoms with Gasteiger partial charge in [-0.15, -0.1) is 0 Å². The van der Waals surface area contributed by atoms with Crippen molar-refractivity contribution in [3.8, 4) is 0 Å². The van der Waals surface area contributed by atoms with E-state index in [1.54, 1.807) is 0 Å². The van der Waals surface area contributed by atoms with E-state index in [2.05, 4.69) is 37.2 Å². The number of piperidine rings is 1. The van der Waals surface area contributed by atoms with E-state index in [0.717, 1.165) is 35.8 Å². The predicted molar refractivity (Wildman–Crippen MR) is 109 cm³/mol. The van der Waals surface area contributed by atoms with Crippen LogP contribution in [0, 0.1) is 0 Å². The van der Waals surface area contributed by atoms with Crippen LogP contribution < -0.4 is 21.3 Å². The van der Waals surface area contributed by atoms with E-state index in [1.807, 2.05) is 24.3 Å². The molecule has 3 rings (SSSR count). The zero-order valence-electron chi connectivity index (χ0n) is 15.7. The summed E-state index contributed by atoms with van der Waals surface area (Å²) in [6.07, 6.45) is 6.81. The number of halogens is 1. The molecule has 0 radical (unpaired) electrons. The minimum absolute atomic E-state index is 0.0509. The number of benzene rings is 1. The zero-order chi connectivity index (χ0) is 19.1. The number of hydrogen-bond acceptors (Lipinski definition) is 3. The Kier molecular flexibility index (Phi) is 7.13. The number of hydrogen-bond donors (Lipinski definition) is 4. The molecule has 7 heteroatoms. The molecule has 0 spiro atoms. The fraction of sp³-hybridized carbons (Fsp3) is 0.600. The maximum atomic E-state index is 12.9. The van der Waals surface area contributed by atoms with Crippen LogP contribution >= 0.6 is 15.9 Å². The van der Waals surface area contributed by atoms with Gasteiger partial charge in [-0.1, -0.05) is 47.3 Å². The van der Waals surface area contributed by atoms with E-state index in [0.29, 0.717) is 32.0 Å². The monoisotopic (exact) mass is 436 g/mol. The standard InChI is InChI=1S/C20H29BrN4O2/c21-16-7-5-6-15(12-16)13-24-19(27)25-20(9-2-3-10-20)18(26)23-14-17-8-1-4-11-22-17/h5-7,12,17,22H,1-4,8-11,13-14H2,(H,23,26)(H2,24,25,27). The highest BCUT2D eigenvalue weighted by molar-refractivity contribution is 9.10. The van der Waals surface area contributed by atoms with Gasteiger partial charge >= 0.3 is 6.03 Å². The summed E-state index contributed by atoms with van der Waals surface area (Å²) in [5.41, 5.74) is 0.226. The minimum Gasteiger partial charge on any atom is -0.352 e. The van der Waals surface area contributed by atoms with E-state index < -0.39 is 5.54 Å². The Morgan fingerprint density at radius 3 is 2.67 bits per heavy atom. The van der Waals surface area contributed by atoms with Crippen molar-refractivity contribution in [3.05, 3.63) is 34.3 Å². The van der Waals surface area contributed by atoms with E-state index in [-0.39, 0.29) is 11.9 Å². The molecule has 1 saturated heterocycles. The fourth-order valence-electron chi connectivity index (χ4n) is 3.96. The SMILES string of the molecule is O=C(NCc1cccc(Br)c1)NC1(C(=O)NCC2CCCCN2)CCCC1. The maximum Gasteiger partial charge on any atom is 0.315 e. The highest BCUT2D eigenvalue weighted by Crippen LogP contribution is 2.30. The molecule has 27 heavy (non-hydrogen) atoms. The number of carbonyl (C=O) groups excluding carboxylic acids is 2. The molecular formula is C20H29BrN4O2. The molecule has 1 heterocycles. The molecule has 1 atom stereocenters. The van der Waals surface area contributed by atoms with Crippen LogP contribution in [0.25, 0.3) is 0 Å². The Bertz CT molecular complexity index is 655. The molecule has 1 aliphatic carbocycles. The average Bonchev–Trinajstić information content (AvgIpc) is 3.15. The molecule has 1 saturated carbocycles. The van der Waals surface area contributed by atoms with Crippen LogP contribution in [-0.2, 0) is 11.3 Å². The van der Waals surface area contributed by atoms with Gasteiger partial charge in [0, 0.05) is 23.6 Å². The molecule has 4 N–H and O–H groups in total. The van der Waals surface area contributed by atoms with Crippen LogP contribution in [0.1, 0.15) is 50.5 Å².